The summed E-state index contributed by atoms with van der Waals surface area (Å²) >= 11 is -1.45. The normalized spacial score (nSPS) is 9.76. The molecule has 0 fully saturated rings. The van der Waals surface area contributed by atoms with Crippen molar-refractivity contribution >= 4 is 34.1 Å². The first-order valence-electron chi connectivity index (χ1n) is 5.86. The van der Waals surface area contributed by atoms with Gasteiger partial charge in [0.05, 0.1) is 0 Å². The van der Waals surface area contributed by atoms with E-state index in [1.807, 2.05) is 12.1 Å². The molecule has 2 rings (SSSR count). The molecule has 0 radical (unpaired) electrons. The molecule has 0 aliphatic carbocycles. The third-order valence-electron chi connectivity index (χ3n) is 2.78. The number of non-ortho nitro benzene ring substituents is 1. The van der Waals surface area contributed by atoms with Gasteiger partial charge in [-0.05, 0) is 0 Å². The van der Waals surface area contributed by atoms with Gasteiger partial charge in [0.25, 0.3) is 0 Å². The van der Waals surface area contributed by atoms with Gasteiger partial charge in [0.15, 0.2) is 0 Å². The first-order chi connectivity index (χ1) is 10.0. The van der Waals surface area contributed by atoms with Gasteiger partial charge in [-0.25, -0.2) is 0 Å². The Hall–Kier alpha value is -1.73. The summed E-state index contributed by atoms with van der Waals surface area (Å²) in [6.07, 6.45) is 0. The molecule has 0 aliphatic rings. The molecule has 1 N–H and O–H groups in total. The van der Waals surface area contributed by atoms with E-state index in [1.165, 1.54) is 12.1 Å². The molecule has 0 aromatic heterocycles. The molecule has 0 unspecified atom stereocenters. The zero-order valence-corrected chi connectivity index (χ0v) is 16.9. The molecule has 9 heteroatoms. The Labute approximate surface area is 135 Å². The third kappa shape index (κ3) is 3.89. The first kappa shape index (κ1) is 15.7. The Morgan fingerprint density at radius 3 is 2.19 bits per heavy atom. The number of rotatable bonds is 5. The summed E-state index contributed by atoms with van der Waals surface area (Å²) in [7, 11) is 5.90. The van der Waals surface area contributed by atoms with Gasteiger partial charge in [0, 0.05) is 0 Å². The van der Waals surface area contributed by atoms with Crippen molar-refractivity contribution in [1.82, 2.24) is 0 Å². The molecule has 0 saturated carbocycles. The Morgan fingerprint density at radius 1 is 1.00 bits per heavy atom. The van der Waals surface area contributed by atoms with Crippen molar-refractivity contribution in [2.75, 3.05) is 5.32 Å². The summed E-state index contributed by atoms with van der Waals surface area (Å²) in [5, 5.41) is 24.6. The van der Waals surface area contributed by atoms with Gasteiger partial charge >= 0.3 is 135 Å². The predicted molar refractivity (Wildman–Crippen MR) is 75.0 cm³/mol. The topological polar surface area (TPSA) is 98.3 Å². The predicted octanol–water partition coefficient (Wildman–Crippen LogP) is 3.11. The molecule has 7 nitrogen and oxygen atoms in total. The number of hydrogen-bond acceptors (Lipinski definition) is 5. The molecule has 0 amide bonds. The van der Waals surface area contributed by atoms with Crippen LogP contribution < -0.4 is 8.39 Å². The van der Waals surface area contributed by atoms with E-state index in [2.05, 4.69) is 5.32 Å². The number of nitrogens with zero attached hydrogens (tertiary/aromatic N) is 2. The minimum absolute atomic E-state index is 0.203. The minimum atomic E-state index is -1.45. The molecular formula is C12H8ClHgN3O4. The van der Waals surface area contributed by atoms with Crippen LogP contribution >= 0.6 is 8.25 Å². The monoisotopic (exact) mass is 495 g/mol. The van der Waals surface area contributed by atoms with Gasteiger partial charge in [-0.15, -0.1) is 0 Å². The Kier molecular flexibility index (Phi) is 5.08. The maximum atomic E-state index is 11.0. The van der Waals surface area contributed by atoms with Crippen LogP contribution in [0.1, 0.15) is 0 Å². The van der Waals surface area contributed by atoms with E-state index in [4.69, 9.17) is 8.25 Å². The number of halogens is 1. The second kappa shape index (κ2) is 6.81. The maximum absolute atomic E-state index is 11.0. The van der Waals surface area contributed by atoms with Crippen LogP contribution in [0.5, 0.6) is 0 Å². The SMILES string of the molecule is O=[N+]([O-])c1ccc(Nc2cc[c]([Hg][Cl])cc2)c([N+](=O)[O-])c1. The summed E-state index contributed by atoms with van der Waals surface area (Å²) in [5.41, 5.74) is 0.202. The second-order valence-corrected chi connectivity index (χ2v) is 10.7. The standard InChI is InChI=1S/C12H8N3O4.ClH.Hg/c16-14(17)10-6-7-11(12(8-10)15(18)19)13-9-4-2-1-3-5-9;;/h2-8,13H;1H;/q;;+1/p-1. The van der Waals surface area contributed by atoms with Crippen molar-refractivity contribution in [1.29, 1.82) is 0 Å². The van der Waals surface area contributed by atoms with E-state index in [0.717, 1.165) is 9.14 Å². The van der Waals surface area contributed by atoms with E-state index in [9.17, 15) is 20.2 Å². The van der Waals surface area contributed by atoms with Crippen molar-refractivity contribution < 1.29 is 33.2 Å². The van der Waals surface area contributed by atoms with E-state index in [1.54, 1.807) is 12.1 Å². The summed E-state index contributed by atoms with van der Waals surface area (Å²) in [6, 6.07) is 10.8. The van der Waals surface area contributed by atoms with Crippen molar-refractivity contribution in [3.05, 3.63) is 62.7 Å². The second-order valence-electron chi connectivity index (χ2n) is 4.17. The van der Waals surface area contributed by atoms with E-state index in [-0.39, 0.29) is 17.1 Å². The van der Waals surface area contributed by atoms with Gasteiger partial charge in [0.2, 0.25) is 0 Å². The number of hydrogen-bond donors (Lipinski definition) is 1. The number of anilines is 2. The molecular weight excluding hydrogens is 486 g/mol. The van der Waals surface area contributed by atoms with Gasteiger partial charge < -0.3 is 0 Å². The van der Waals surface area contributed by atoms with Gasteiger partial charge in [-0.1, -0.05) is 0 Å². The molecule has 0 aliphatic heterocycles. The van der Waals surface area contributed by atoms with Crippen molar-refractivity contribution in [3.63, 3.8) is 0 Å². The van der Waals surface area contributed by atoms with Crippen molar-refractivity contribution in [2.24, 2.45) is 0 Å². The summed E-state index contributed by atoms with van der Waals surface area (Å²) in [4.78, 5) is 20.4. The average molecular weight is 494 g/mol. The molecule has 2 aromatic rings. The fraction of sp³-hybridized carbons (Fsp3) is 0. The van der Waals surface area contributed by atoms with E-state index < -0.39 is 33.2 Å². The van der Waals surface area contributed by atoms with Crippen LogP contribution in [0.2, 0.25) is 0 Å². The number of nitro groups is 2. The van der Waals surface area contributed by atoms with Crippen LogP contribution in [0, 0.1) is 20.2 Å². The molecule has 0 saturated heterocycles. The van der Waals surface area contributed by atoms with Crippen molar-refractivity contribution in [3.8, 4) is 0 Å². The van der Waals surface area contributed by atoms with Crippen LogP contribution in [0.4, 0.5) is 22.7 Å². The van der Waals surface area contributed by atoms with E-state index >= 15 is 0 Å². The number of benzene rings is 2. The van der Waals surface area contributed by atoms with Crippen LogP contribution in [-0.2, 0) is 23.3 Å². The zero-order valence-electron chi connectivity index (χ0n) is 10.7. The summed E-state index contributed by atoms with van der Waals surface area (Å²) < 4.78 is 1.14. The average Bonchev–Trinajstić information content (AvgIpc) is 2.48. The van der Waals surface area contributed by atoms with Gasteiger partial charge in [0.1, 0.15) is 0 Å². The molecule has 2 aromatic carbocycles. The van der Waals surface area contributed by atoms with E-state index in [0.29, 0.717) is 5.69 Å². The first-order valence-corrected chi connectivity index (χ1v) is 15.4. The summed E-state index contributed by atoms with van der Waals surface area (Å²) in [6.45, 7) is 0. The Balaban J connectivity index is 2.34. The zero-order chi connectivity index (χ0) is 15.4. The van der Waals surface area contributed by atoms with Gasteiger partial charge in [-0.2, -0.15) is 0 Å². The third-order valence-corrected chi connectivity index (χ3v) is 8.52. The fourth-order valence-electron chi connectivity index (χ4n) is 1.72. The number of nitrogens with one attached hydrogen (secondary N) is 1. The molecule has 0 atom stereocenters. The Bertz CT molecular complexity index is 693. The number of nitro benzene ring substituents is 2. The quantitative estimate of drug-likeness (QED) is 0.392. The molecule has 0 spiro atoms. The van der Waals surface area contributed by atoms with Crippen LogP contribution in [-0.4, -0.2) is 9.85 Å². The summed E-state index contributed by atoms with van der Waals surface area (Å²) in [5.74, 6) is 0. The molecule has 0 bridgehead atoms. The van der Waals surface area contributed by atoms with Gasteiger partial charge in [-0.3, -0.25) is 0 Å². The molecule has 104 valence electrons. The molecule has 21 heavy (non-hydrogen) atoms. The molecule has 0 heterocycles. The van der Waals surface area contributed by atoms with Crippen LogP contribution in [0.3, 0.4) is 0 Å². The Morgan fingerprint density at radius 2 is 1.67 bits per heavy atom. The van der Waals surface area contributed by atoms with Crippen LogP contribution in [0.25, 0.3) is 0 Å². The fourth-order valence-corrected chi connectivity index (χ4v) is 4.90. The van der Waals surface area contributed by atoms with Crippen molar-refractivity contribution in [2.45, 2.75) is 0 Å². The van der Waals surface area contributed by atoms with Crippen LogP contribution in [0.15, 0.2) is 42.5 Å².